The number of aliphatic imine (C=N–C) groups is 2. The van der Waals surface area contributed by atoms with Gasteiger partial charge in [-0.25, -0.2) is 14.4 Å². The highest BCUT2D eigenvalue weighted by Crippen LogP contribution is 2.31. The van der Waals surface area contributed by atoms with Crippen molar-refractivity contribution in [1.82, 2.24) is 9.55 Å². The third-order valence-corrected chi connectivity index (χ3v) is 3.01. The zero-order valence-corrected chi connectivity index (χ0v) is 10.5. The Morgan fingerprint density at radius 3 is 2.95 bits per heavy atom. The van der Waals surface area contributed by atoms with Gasteiger partial charge in [-0.2, -0.15) is 0 Å². The maximum atomic E-state index is 11.9. The van der Waals surface area contributed by atoms with Crippen molar-refractivity contribution in [3.05, 3.63) is 16.2 Å². The number of H-pyrrole nitrogens is 1. The maximum absolute atomic E-state index is 11.9. The van der Waals surface area contributed by atoms with E-state index in [9.17, 15) is 9.90 Å². The van der Waals surface area contributed by atoms with Gasteiger partial charge in [-0.3, -0.25) is 4.99 Å². The minimum Gasteiger partial charge on any atom is -0.394 e. The van der Waals surface area contributed by atoms with Crippen molar-refractivity contribution in [2.45, 2.75) is 24.9 Å². The molecule has 0 amide bonds. The van der Waals surface area contributed by atoms with Crippen LogP contribution in [0.4, 0.5) is 5.82 Å². The number of aliphatic hydroxyl groups is 2. The van der Waals surface area contributed by atoms with Gasteiger partial charge in [0.1, 0.15) is 18.0 Å². The second-order valence-electron chi connectivity index (χ2n) is 4.20. The molecule has 3 atom stereocenters. The summed E-state index contributed by atoms with van der Waals surface area (Å²) in [5, 5.41) is 18.8. The van der Waals surface area contributed by atoms with Crippen molar-refractivity contribution in [3.8, 4) is 0 Å². The van der Waals surface area contributed by atoms with Crippen LogP contribution in [0, 0.1) is 0 Å². The van der Waals surface area contributed by atoms with E-state index in [0.717, 1.165) is 0 Å². The Labute approximate surface area is 109 Å². The van der Waals surface area contributed by atoms with Gasteiger partial charge in [0.15, 0.2) is 5.82 Å². The van der Waals surface area contributed by atoms with Gasteiger partial charge in [-0.15, -0.1) is 0 Å². The smallest absolute Gasteiger partial charge is 0.329 e. The molecule has 2 rings (SSSR count). The van der Waals surface area contributed by atoms with Crippen LogP contribution in [0.15, 0.2) is 14.8 Å². The molecule has 0 aliphatic carbocycles. The molecule has 19 heavy (non-hydrogen) atoms. The Morgan fingerprint density at radius 2 is 2.42 bits per heavy atom. The number of imidazole rings is 1. The van der Waals surface area contributed by atoms with Gasteiger partial charge in [0.2, 0.25) is 0 Å². The largest absolute Gasteiger partial charge is 0.394 e. The number of ether oxygens (including phenoxy) is 1. The molecule has 8 nitrogen and oxygen atoms in total. The van der Waals surface area contributed by atoms with Gasteiger partial charge < -0.3 is 19.9 Å². The van der Waals surface area contributed by atoms with Crippen molar-refractivity contribution in [2.24, 2.45) is 9.98 Å². The summed E-state index contributed by atoms with van der Waals surface area (Å²) in [5.41, 5.74) is 0.00104. The highest BCUT2D eigenvalue weighted by Gasteiger charge is 2.36. The van der Waals surface area contributed by atoms with Crippen LogP contribution in [0.3, 0.4) is 0 Å². The van der Waals surface area contributed by atoms with Crippen LogP contribution in [-0.2, 0) is 4.74 Å². The molecular formula is C11H16N4O4. The maximum Gasteiger partial charge on any atom is 0.329 e. The summed E-state index contributed by atoms with van der Waals surface area (Å²) in [6.07, 6.45) is -0.550. The number of rotatable bonds is 4. The minimum atomic E-state index is -0.822. The van der Waals surface area contributed by atoms with E-state index in [1.54, 1.807) is 7.05 Å². The van der Waals surface area contributed by atoms with E-state index in [4.69, 9.17) is 9.84 Å². The number of aromatic amines is 1. The van der Waals surface area contributed by atoms with E-state index in [1.165, 1.54) is 10.8 Å². The molecule has 0 spiro atoms. The lowest BCUT2D eigenvalue weighted by atomic mass is 10.2. The second kappa shape index (κ2) is 5.47. The average Bonchev–Trinajstić information content (AvgIpc) is 2.89. The predicted octanol–water partition coefficient (Wildman–Crippen LogP) is -0.802. The van der Waals surface area contributed by atoms with Gasteiger partial charge in [0.05, 0.1) is 12.7 Å². The molecule has 2 unspecified atom stereocenters. The SMILES string of the molecule is C=Nc1c(C=NC)[nH]c(=O)n1[C@H]1CC(O)C(CO)O1. The predicted molar refractivity (Wildman–Crippen MR) is 69.4 cm³/mol. The fraction of sp³-hybridized carbons (Fsp3) is 0.545. The molecule has 0 radical (unpaired) electrons. The fourth-order valence-corrected chi connectivity index (χ4v) is 2.14. The summed E-state index contributed by atoms with van der Waals surface area (Å²) in [7, 11) is 1.57. The standard InChI is InChI=1S/C11H16N4O4/c1-12-4-6-10(13-2)15(11(18)14-6)9-3-7(17)8(5-16)19-9/h4,7-9,16-17H,2-3,5H2,1H3,(H,14,18)/t7?,8?,9-/m1/s1. The molecule has 0 aromatic carbocycles. The molecule has 1 saturated heterocycles. The van der Waals surface area contributed by atoms with E-state index < -0.39 is 24.1 Å². The summed E-state index contributed by atoms with van der Waals surface area (Å²) in [4.78, 5) is 22.1. The van der Waals surface area contributed by atoms with Gasteiger partial charge in [-0.05, 0) is 6.72 Å². The van der Waals surface area contributed by atoms with Gasteiger partial charge >= 0.3 is 5.69 Å². The summed E-state index contributed by atoms with van der Waals surface area (Å²) >= 11 is 0. The number of hydrogen-bond donors (Lipinski definition) is 3. The van der Waals surface area contributed by atoms with Gasteiger partial charge in [-0.1, -0.05) is 0 Å². The highest BCUT2D eigenvalue weighted by atomic mass is 16.5. The number of hydrogen-bond acceptors (Lipinski definition) is 6. The Hall–Kier alpha value is -1.77. The van der Waals surface area contributed by atoms with E-state index in [2.05, 4.69) is 21.7 Å². The van der Waals surface area contributed by atoms with Crippen LogP contribution < -0.4 is 5.69 Å². The quantitative estimate of drug-likeness (QED) is 0.620. The molecule has 1 aliphatic heterocycles. The normalized spacial score (nSPS) is 27.2. The average molecular weight is 268 g/mol. The van der Waals surface area contributed by atoms with Gasteiger partial charge in [0.25, 0.3) is 0 Å². The first kappa shape index (κ1) is 13.7. The molecule has 1 aromatic heterocycles. The summed E-state index contributed by atoms with van der Waals surface area (Å²) in [6.45, 7) is 3.11. The molecule has 104 valence electrons. The first-order valence-corrected chi connectivity index (χ1v) is 5.80. The van der Waals surface area contributed by atoms with Crippen LogP contribution >= 0.6 is 0 Å². The van der Waals surface area contributed by atoms with E-state index in [0.29, 0.717) is 11.5 Å². The van der Waals surface area contributed by atoms with E-state index >= 15 is 0 Å². The molecule has 3 N–H and O–H groups in total. The lowest BCUT2D eigenvalue weighted by Crippen LogP contribution is -2.25. The fourth-order valence-electron chi connectivity index (χ4n) is 2.14. The molecule has 1 aliphatic rings. The molecular weight excluding hydrogens is 252 g/mol. The van der Waals surface area contributed by atoms with Crippen molar-refractivity contribution in [1.29, 1.82) is 0 Å². The zero-order chi connectivity index (χ0) is 14.0. The van der Waals surface area contributed by atoms with Crippen molar-refractivity contribution in [2.75, 3.05) is 13.7 Å². The molecule has 1 aromatic rings. The number of aliphatic hydroxyl groups excluding tert-OH is 2. The first-order chi connectivity index (χ1) is 9.12. The second-order valence-corrected chi connectivity index (χ2v) is 4.20. The topological polar surface area (TPSA) is 112 Å². The summed E-state index contributed by atoms with van der Waals surface area (Å²) in [6, 6.07) is 0. The highest BCUT2D eigenvalue weighted by molar-refractivity contribution is 5.83. The minimum absolute atomic E-state index is 0.203. The van der Waals surface area contributed by atoms with Crippen LogP contribution in [0.5, 0.6) is 0 Å². The Balaban J connectivity index is 2.40. The van der Waals surface area contributed by atoms with Crippen LogP contribution in [0.25, 0.3) is 0 Å². The lowest BCUT2D eigenvalue weighted by molar-refractivity contribution is -0.0447. The Kier molecular flexibility index (Phi) is 3.93. The van der Waals surface area contributed by atoms with Crippen molar-refractivity contribution in [3.63, 3.8) is 0 Å². The molecule has 0 saturated carbocycles. The van der Waals surface area contributed by atoms with Gasteiger partial charge in [0, 0.05) is 19.7 Å². The van der Waals surface area contributed by atoms with E-state index in [1.807, 2.05) is 0 Å². The molecule has 2 heterocycles. The van der Waals surface area contributed by atoms with E-state index in [-0.39, 0.29) is 13.0 Å². The van der Waals surface area contributed by atoms with Crippen LogP contribution in [0.2, 0.25) is 0 Å². The Bertz CT molecular complexity index is 547. The monoisotopic (exact) mass is 268 g/mol. The Morgan fingerprint density at radius 1 is 1.68 bits per heavy atom. The number of aromatic nitrogens is 2. The van der Waals surface area contributed by atoms with Crippen molar-refractivity contribution < 1.29 is 14.9 Å². The molecule has 8 heteroatoms. The third kappa shape index (κ3) is 2.37. The van der Waals surface area contributed by atoms with Crippen molar-refractivity contribution >= 4 is 18.7 Å². The third-order valence-electron chi connectivity index (χ3n) is 3.01. The summed E-state index contributed by atoms with van der Waals surface area (Å²) in [5.74, 6) is 0.298. The van der Waals surface area contributed by atoms with Crippen LogP contribution in [-0.4, -0.2) is 58.6 Å². The number of nitrogens with one attached hydrogen (secondary N) is 1. The number of nitrogens with zero attached hydrogens (tertiary/aromatic N) is 3. The first-order valence-electron chi connectivity index (χ1n) is 5.80. The summed E-state index contributed by atoms with van der Waals surface area (Å²) < 4.78 is 6.70. The zero-order valence-electron chi connectivity index (χ0n) is 10.5. The molecule has 1 fully saturated rings. The molecule has 0 bridgehead atoms. The van der Waals surface area contributed by atoms with Crippen LogP contribution in [0.1, 0.15) is 18.3 Å². The lowest BCUT2D eigenvalue weighted by Gasteiger charge is -2.13.